The van der Waals surface area contributed by atoms with Crippen molar-refractivity contribution in [2.45, 2.75) is 12.5 Å². The number of benzene rings is 1. The largest absolute Gasteiger partial charge is 0.348 e. The normalized spacial score (nSPS) is 19.0. The van der Waals surface area contributed by atoms with Crippen LogP contribution in [0.4, 0.5) is 16.0 Å². The summed E-state index contributed by atoms with van der Waals surface area (Å²) in [5, 5.41) is 5.48. The molecule has 0 saturated carbocycles. The predicted molar refractivity (Wildman–Crippen MR) is 86.2 cm³/mol. The van der Waals surface area contributed by atoms with Gasteiger partial charge < -0.3 is 10.6 Å². The zero-order valence-electron chi connectivity index (χ0n) is 12.6. The molecule has 126 valence electrons. The molecule has 1 aromatic heterocycles. The molecule has 2 aromatic rings. The minimum Gasteiger partial charge on any atom is -0.348 e. The zero-order chi connectivity index (χ0) is 17.2. The summed E-state index contributed by atoms with van der Waals surface area (Å²) < 4.78 is 35.9. The average Bonchev–Trinajstić information content (AvgIpc) is 2.87. The maximum atomic E-state index is 13.1. The fraction of sp³-hybridized carbons (Fsp3) is 0.267. The van der Waals surface area contributed by atoms with Gasteiger partial charge in [0.1, 0.15) is 5.82 Å². The maximum Gasteiger partial charge on any atom is 0.254 e. The lowest BCUT2D eigenvalue weighted by atomic mass is 10.2. The van der Waals surface area contributed by atoms with Gasteiger partial charge in [0, 0.05) is 24.1 Å². The van der Waals surface area contributed by atoms with Crippen molar-refractivity contribution in [2.24, 2.45) is 0 Å². The molecule has 1 aliphatic rings. The topological polar surface area (TPSA) is 101 Å². The van der Waals surface area contributed by atoms with E-state index in [2.05, 4.69) is 20.6 Å². The Bertz CT molecular complexity index is 855. The van der Waals surface area contributed by atoms with Crippen LogP contribution in [0.5, 0.6) is 0 Å². The third kappa shape index (κ3) is 4.05. The lowest BCUT2D eigenvalue weighted by Gasteiger charge is -2.10. The fourth-order valence-electron chi connectivity index (χ4n) is 2.38. The van der Waals surface area contributed by atoms with Crippen molar-refractivity contribution in [3.05, 3.63) is 48.0 Å². The Kier molecular flexibility index (Phi) is 4.43. The molecule has 0 aliphatic carbocycles. The molecule has 24 heavy (non-hydrogen) atoms. The number of sulfone groups is 1. The summed E-state index contributed by atoms with van der Waals surface area (Å²) in [6.07, 6.45) is 3.06. The number of carbonyl (C=O) groups is 1. The first-order chi connectivity index (χ1) is 11.4. The molecular weight excluding hydrogens is 335 g/mol. The van der Waals surface area contributed by atoms with Crippen LogP contribution in [-0.2, 0) is 9.84 Å². The molecule has 2 N–H and O–H groups in total. The van der Waals surface area contributed by atoms with E-state index in [1.807, 2.05) is 0 Å². The van der Waals surface area contributed by atoms with Gasteiger partial charge >= 0.3 is 0 Å². The number of carbonyl (C=O) groups excluding carboxylic acids is 1. The van der Waals surface area contributed by atoms with Crippen molar-refractivity contribution < 1.29 is 17.6 Å². The summed E-state index contributed by atoms with van der Waals surface area (Å²) in [4.78, 5) is 20.1. The van der Waals surface area contributed by atoms with Gasteiger partial charge in [-0.1, -0.05) is 6.07 Å². The number of aromatic nitrogens is 2. The molecule has 3 rings (SSSR count). The number of rotatable bonds is 4. The average molecular weight is 350 g/mol. The third-order valence-electron chi connectivity index (χ3n) is 3.56. The number of hydrogen-bond acceptors (Lipinski definition) is 6. The first-order valence-corrected chi connectivity index (χ1v) is 9.09. The van der Waals surface area contributed by atoms with E-state index in [0.29, 0.717) is 12.1 Å². The van der Waals surface area contributed by atoms with E-state index in [1.165, 1.54) is 24.5 Å². The summed E-state index contributed by atoms with van der Waals surface area (Å²) in [5.74, 6) is -0.540. The smallest absolute Gasteiger partial charge is 0.254 e. The lowest BCUT2D eigenvalue weighted by Crippen LogP contribution is -2.35. The van der Waals surface area contributed by atoms with E-state index in [0.717, 1.165) is 0 Å². The van der Waals surface area contributed by atoms with E-state index in [4.69, 9.17) is 0 Å². The summed E-state index contributed by atoms with van der Waals surface area (Å²) in [6, 6.07) is 5.45. The maximum absolute atomic E-state index is 13.1. The highest BCUT2D eigenvalue weighted by atomic mass is 32.2. The van der Waals surface area contributed by atoms with Crippen LogP contribution in [0.2, 0.25) is 0 Å². The molecular formula is C15H15FN4O3S. The molecule has 1 saturated heterocycles. The van der Waals surface area contributed by atoms with Crippen molar-refractivity contribution in [1.29, 1.82) is 0 Å². The minimum atomic E-state index is -3.05. The summed E-state index contributed by atoms with van der Waals surface area (Å²) >= 11 is 0. The van der Waals surface area contributed by atoms with Crippen LogP contribution in [0, 0.1) is 5.82 Å². The van der Waals surface area contributed by atoms with Gasteiger partial charge in [-0.2, -0.15) is 0 Å². The van der Waals surface area contributed by atoms with Gasteiger partial charge in [-0.25, -0.2) is 22.8 Å². The number of nitrogens with one attached hydrogen (secondary N) is 2. The monoisotopic (exact) mass is 350 g/mol. The standard InChI is InChI=1S/C15H15FN4O3S/c16-11-2-1-3-12(6-11)20-15-17-7-10(8-18-15)14(21)19-13-4-5-24(22,23)9-13/h1-3,6-8,13H,4-5,9H2,(H,19,21)(H,17,18,20). The second kappa shape index (κ2) is 6.52. The highest BCUT2D eigenvalue weighted by Crippen LogP contribution is 2.14. The molecule has 0 bridgehead atoms. The number of halogens is 1. The zero-order valence-corrected chi connectivity index (χ0v) is 13.4. The third-order valence-corrected chi connectivity index (χ3v) is 5.33. The van der Waals surface area contributed by atoms with Crippen molar-refractivity contribution in [3.63, 3.8) is 0 Å². The molecule has 1 atom stereocenters. The van der Waals surface area contributed by atoms with E-state index in [1.54, 1.807) is 12.1 Å². The van der Waals surface area contributed by atoms with Gasteiger partial charge in [-0.3, -0.25) is 4.79 Å². The fourth-order valence-corrected chi connectivity index (χ4v) is 4.06. The van der Waals surface area contributed by atoms with Crippen LogP contribution in [-0.4, -0.2) is 41.8 Å². The van der Waals surface area contributed by atoms with Crippen LogP contribution < -0.4 is 10.6 Å². The molecule has 1 aliphatic heterocycles. The lowest BCUT2D eigenvalue weighted by molar-refractivity contribution is 0.0940. The first-order valence-electron chi connectivity index (χ1n) is 7.27. The minimum absolute atomic E-state index is 0.0428. The highest BCUT2D eigenvalue weighted by molar-refractivity contribution is 7.91. The highest BCUT2D eigenvalue weighted by Gasteiger charge is 2.29. The molecule has 0 radical (unpaired) electrons. The van der Waals surface area contributed by atoms with Crippen molar-refractivity contribution >= 4 is 27.4 Å². The molecule has 1 unspecified atom stereocenters. The van der Waals surface area contributed by atoms with Gasteiger partial charge in [0.25, 0.3) is 5.91 Å². The van der Waals surface area contributed by atoms with Crippen LogP contribution in [0.15, 0.2) is 36.7 Å². The van der Waals surface area contributed by atoms with Crippen LogP contribution in [0.1, 0.15) is 16.8 Å². The van der Waals surface area contributed by atoms with Crippen molar-refractivity contribution in [3.8, 4) is 0 Å². The SMILES string of the molecule is O=C(NC1CCS(=O)(=O)C1)c1cnc(Nc2cccc(F)c2)nc1. The van der Waals surface area contributed by atoms with Crippen molar-refractivity contribution in [2.75, 3.05) is 16.8 Å². The molecule has 7 nitrogen and oxygen atoms in total. The molecule has 2 heterocycles. The second-order valence-corrected chi connectivity index (χ2v) is 7.73. The summed E-state index contributed by atoms with van der Waals surface area (Å²) in [5.41, 5.74) is 0.715. The summed E-state index contributed by atoms with van der Waals surface area (Å²) in [6.45, 7) is 0. The molecule has 0 spiro atoms. The van der Waals surface area contributed by atoms with E-state index in [-0.39, 0.29) is 34.9 Å². The number of nitrogens with zero attached hydrogens (tertiary/aromatic N) is 2. The number of anilines is 2. The summed E-state index contributed by atoms with van der Waals surface area (Å²) in [7, 11) is -3.05. The number of amides is 1. The molecule has 1 amide bonds. The molecule has 9 heteroatoms. The van der Waals surface area contributed by atoms with E-state index >= 15 is 0 Å². The Morgan fingerprint density at radius 3 is 2.62 bits per heavy atom. The van der Waals surface area contributed by atoms with Crippen molar-refractivity contribution in [1.82, 2.24) is 15.3 Å². The Balaban J connectivity index is 1.62. The van der Waals surface area contributed by atoms with Crippen LogP contribution >= 0.6 is 0 Å². The van der Waals surface area contributed by atoms with Gasteiger partial charge in [0.15, 0.2) is 9.84 Å². The van der Waals surface area contributed by atoms with E-state index < -0.39 is 15.7 Å². The Morgan fingerprint density at radius 1 is 1.25 bits per heavy atom. The Labute approximate surface area is 138 Å². The Hall–Kier alpha value is -2.55. The Morgan fingerprint density at radius 2 is 2.00 bits per heavy atom. The van der Waals surface area contributed by atoms with Gasteiger partial charge in [0.2, 0.25) is 5.95 Å². The quantitative estimate of drug-likeness (QED) is 0.861. The van der Waals surface area contributed by atoms with Crippen LogP contribution in [0.3, 0.4) is 0 Å². The predicted octanol–water partition coefficient (Wildman–Crippen LogP) is 1.28. The first kappa shape index (κ1) is 16.3. The second-order valence-electron chi connectivity index (χ2n) is 5.50. The van der Waals surface area contributed by atoms with Gasteiger partial charge in [-0.15, -0.1) is 0 Å². The van der Waals surface area contributed by atoms with Crippen LogP contribution in [0.25, 0.3) is 0 Å². The van der Waals surface area contributed by atoms with Gasteiger partial charge in [0.05, 0.1) is 17.1 Å². The molecule has 1 fully saturated rings. The van der Waals surface area contributed by atoms with Gasteiger partial charge in [-0.05, 0) is 24.6 Å². The van der Waals surface area contributed by atoms with E-state index in [9.17, 15) is 17.6 Å². The number of hydrogen-bond donors (Lipinski definition) is 2. The molecule has 1 aromatic carbocycles.